The normalized spacial score (nSPS) is 18.7. The van der Waals surface area contributed by atoms with Crippen molar-refractivity contribution in [3.63, 3.8) is 0 Å². The van der Waals surface area contributed by atoms with Crippen molar-refractivity contribution < 1.29 is 5.11 Å². The molecule has 1 aromatic carbocycles. The van der Waals surface area contributed by atoms with Crippen LogP contribution in [0, 0.1) is 0 Å². The minimum Gasteiger partial charge on any atom is -0.392 e. The van der Waals surface area contributed by atoms with E-state index in [0.29, 0.717) is 5.92 Å². The van der Waals surface area contributed by atoms with Gasteiger partial charge in [-0.3, -0.25) is 4.90 Å². The third-order valence-electron chi connectivity index (χ3n) is 4.45. The molecule has 1 atom stereocenters. The van der Waals surface area contributed by atoms with Gasteiger partial charge in [-0.25, -0.2) is 0 Å². The zero-order chi connectivity index (χ0) is 15.7. The second-order valence-electron chi connectivity index (χ2n) is 6.34. The summed E-state index contributed by atoms with van der Waals surface area (Å²) < 4.78 is 2.28. The molecule has 1 aliphatic heterocycles. The second-order valence-corrected chi connectivity index (χ2v) is 6.34. The molecular weight excluding hydrogens is 276 g/mol. The molecule has 1 N–H and O–H groups in total. The number of fused-ring (bicyclic) bond motifs is 1. The Hall–Kier alpha value is -1.72. The lowest BCUT2D eigenvalue weighted by atomic mass is 10.1. The van der Waals surface area contributed by atoms with Gasteiger partial charge in [-0.2, -0.15) is 0 Å². The lowest BCUT2D eigenvalue weighted by molar-refractivity contribution is 0.154. The molecule has 0 bridgehead atoms. The van der Waals surface area contributed by atoms with Gasteiger partial charge in [-0.05, 0) is 18.1 Å². The summed E-state index contributed by atoms with van der Waals surface area (Å²) in [5, 5.41) is 17.9. The van der Waals surface area contributed by atoms with E-state index in [-0.39, 0.29) is 12.6 Å². The van der Waals surface area contributed by atoms with Crippen LogP contribution in [0.25, 0.3) is 0 Å². The number of hydrogen-bond acceptors (Lipinski definition) is 4. The molecule has 1 unspecified atom stereocenters. The molecule has 5 heteroatoms. The Bertz CT molecular complexity index is 633. The quantitative estimate of drug-likeness (QED) is 0.942. The van der Waals surface area contributed by atoms with E-state index in [0.717, 1.165) is 36.8 Å². The molecular formula is C17H24N4O. The smallest absolute Gasteiger partial charge is 0.150 e. The van der Waals surface area contributed by atoms with Crippen molar-refractivity contribution in [3.05, 3.63) is 47.0 Å². The monoisotopic (exact) mass is 300 g/mol. The largest absolute Gasteiger partial charge is 0.392 e. The highest BCUT2D eigenvalue weighted by molar-refractivity contribution is 5.22. The van der Waals surface area contributed by atoms with Crippen LogP contribution in [-0.4, -0.2) is 31.3 Å². The summed E-state index contributed by atoms with van der Waals surface area (Å²) in [6, 6.07) is 8.44. The zero-order valence-electron chi connectivity index (χ0n) is 13.5. The Morgan fingerprint density at radius 1 is 1.14 bits per heavy atom. The lowest BCUT2D eigenvalue weighted by Crippen LogP contribution is -2.37. The van der Waals surface area contributed by atoms with E-state index >= 15 is 0 Å². The van der Waals surface area contributed by atoms with Crippen molar-refractivity contribution in [3.8, 4) is 0 Å². The van der Waals surface area contributed by atoms with Gasteiger partial charge in [-0.1, -0.05) is 38.1 Å². The van der Waals surface area contributed by atoms with Gasteiger partial charge in [-0.15, -0.1) is 10.2 Å². The van der Waals surface area contributed by atoms with Crippen LogP contribution in [0.1, 0.15) is 55.5 Å². The zero-order valence-corrected chi connectivity index (χ0v) is 13.5. The summed E-state index contributed by atoms with van der Waals surface area (Å²) in [7, 11) is 0. The summed E-state index contributed by atoms with van der Waals surface area (Å²) >= 11 is 0. The van der Waals surface area contributed by atoms with Gasteiger partial charge >= 0.3 is 0 Å². The van der Waals surface area contributed by atoms with Crippen molar-refractivity contribution in [2.24, 2.45) is 0 Å². The highest BCUT2D eigenvalue weighted by atomic mass is 16.3. The molecule has 2 aromatic rings. The van der Waals surface area contributed by atoms with E-state index < -0.39 is 0 Å². The molecule has 0 radical (unpaired) electrons. The van der Waals surface area contributed by atoms with Crippen molar-refractivity contribution >= 4 is 0 Å². The minimum absolute atomic E-state index is 0.0987. The Balaban J connectivity index is 1.76. The van der Waals surface area contributed by atoms with Gasteiger partial charge in [0.2, 0.25) is 0 Å². The average molecular weight is 300 g/mol. The Morgan fingerprint density at radius 2 is 1.82 bits per heavy atom. The summed E-state index contributed by atoms with van der Waals surface area (Å²) in [4.78, 5) is 2.43. The third-order valence-corrected chi connectivity index (χ3v) is 4.45. The van der Waals surface area contributed by atoms with Crippen LogP contribution in [0.4, 0.5) is 0 Å². The van der Waals surface area contributed by atoms with Crippen LogP contribution in [0.2, 0.25) is 0 Å². The molecule has 3 rings (SSSR count). The fourth-order valence-electron chi connectivity index (χ4n) is 3.08. The van der Waals surface area contributed by atoms with Crippen LogP contribution in [0.15, 0.2) is 24.3 Å². The van der Waals surface area contributed by atoms with Crippen LogP contribution >= 0.6 is 0 Å². The number of aromatic nitrogens is 3. The molecule has 0 amide bonds. The lowest BCUT2D eigenvalue weighted by Gasteiger charge is -2.34. The topological polar surface area (TPSA) is 54.2 Å². The molecule has 1 aliphatic rings. The summed E-state index contributed by atoms with van der Waals surface area (Å²) in [5.41, 5.74) is 2.22. The van der Waals surface area contributed by atoms with E-state index in [9.17, 15) is 0 Å². The van der Waals surface area contributed by atoms with Gasteiger partial charge in [0.1, 0.15) is 11.6 Å². The fraction of sp³-hybridized carbons (Fsp3) is 0.529. The van der Waals surface area contributed by atoms with E-state index in [4.69, 9.17) is 5.11 Å². The minimum atomic E-state index is 0.0987. The highest BCUT2D eigenvalue weighted by Gasteiger charge is 2.28. The first-order chi connectivity index (χ1) is 10.6. The fourth-order valence-corrected chi connectivity index (χ4v) is 3.08. The van der Waals surface area contributed by atoms with E-state index in [1.54, 1.807) is 0 Å². The number of benzene rings is 1. The number of aliphatic hydroxyl groups is 1. The van der Waals surface area contributed by atoms with Crippen molar-refractivity contribution in [2.45, 2.75) is 52.4 Å². The molecule has 1 aromatic heterocycles. The second kappa shape index (κ2) is 6.18. The molecule has 118 valence electrons. The number of nitrogens with zero attached hydrogens (tertiary/aromatic N) is 4. The number of aliphatic hydroxyl groups excluding tert-OH is 1. The molecule has 5 nitrogen and oxygen atoms in total. The van der Waals surface area contributed by atoms with Crippen LogP contribution < -0.4 is 0 Å². The first kappa shape index (κ1) is 15.2. The van der Waals surface area contributed by atoms with Gasteiger partial charge in [0.15, 0.2) is 0 Å². The maximum atomic E-state index is 9.12. The molecule has 0 saturated carbocycles. The van der Waals surface area contributed by atoms with Crippen molar-refractivity contribution in [1.29, 1.82) is 0 Å². The molecule has 22 heavy (non-hydrogen) atoms. The van der Waals surface area contributed by atoms with Crippen LogP contribution in [0.5, 0.6) is 0 Å². The summed E-state index contributed by atoms with van der Waals surface area (Å²) in [6.45, 7) is 9.49. The highest BCUT2D eigenvalue weighted by Crippen LogP contribution is 2.27. The third kappa shape index (κ3) is 2.78. The maximum Gasteiger partial charge on any atom is 0.150 e. The molecule has 0 saturated heterocycles. The van der Waals surface area contributed by atoms with Gasteiger partial charge in [0.05, 0.1) is 12.6 Å². The van der Waals surface area contributed by atoms with Gasteiger partial charge in [0.25, 0.3) is 0 Å². The summed E-state index contributed by atoms with van der Waals surface area (Å²) in [5.74, 6) is 2.57. The SMILES string of the molecule is CC(C)c1nnc2n1CCN(Cc1ccc(CO)cc1)C2C. The Morgan fingerprint density at radius 3 is 2.45 bits per heavy atom. The maximum absolute atomic E-state index is 9.12. The average Bonchev–Trinajstić information content (AvgIpc) is 2.96. The summed E-state index contributed by atoms with van der Waals surface area (Å²) in [6.07, 6.45) is 0. The van der Waals surface area contributed by atoms with Crippen LogP contribution in [-0.2, 0) is 19.7 Å². The van der Waals surface area contributed by atoms with E-state index in [1.165, 1.54) is 5.56 Å². The number of hydrogen-bond donors (Lipinski definition) is 1. The van der Waals surface area contributed by atoms with Crippen molar-refractivity contribution in [1.82, 2.24) is 19.7 Å². The Labute approximate surface area is 131 Å². The van der Waals surface area contributed by atoms with E-state index in [2.05, 4.69) is 52.6 Å². The molecule has 0 spiro atoms. The first-order valence-corrected chi connectivity index (χ1v) is 7.96. The van der Waals surface area contributed by atoms with Crippen molar-refractivity contribution in [2.75, 3.05) is 6.54 Å². The molecule has 0 aliphatic carbocycles. The Kier molecular flexibility index (Phi) is 4.27. The first-order valence-electron chi connectivity index (χ1n) is 7.96. The molecule has 0 fully saturated rings. The number of rotatable bonds is 4. The molecule has 2 heterocycles. The van der Waals surface area contributed by atoms with Gasteiger partial charge < -0.3 is 9.67 Å². The van der Waals surface area contributed by atoms with Gasteiger partial charge in [0, 0.05) is 25.6 Å². The van der Waals surface area contributed by atoms with Crippen LogP contribution in [0.3, 0.4) is 0 Å². The standard InChI is InChI=1S/C17H24N4O/c1-12(2)16-18-19-17-13(3)20(8-9-21(16)17)10-14-4-6-15(11-22)7-5-14/h4-7,12-13,22H,8-11H2,1-3H3. The predicted molar refractivity (Wildman–Crippen MR) is 85.3 cm³/mol. The van der Waals surface area contributed by atoms with E-state index in [1.807, 2.05) is 12.1 Å². The predicted octanol–water partition coefficient (Wildman–Crippen LogP) is 2.47.